The Hall–Kier alpha value is -1.29. The van der Waals surface area contributed by atoms with Crippen molar-refractivity contribution in [2.45, 2.75) is 37.8 Å². The number of rotatable bonds is 3. The molecular weight excluding hydrogens is 216 g/mol. The van der Waals surface area contributed by atoms with Crippen molar-refractivity contribution in [3.63, 3.8) is 0 Å². The van der Waals surface area contributed by atoms with Gasteiger partial charge in [-0.25, -0.2) is 0 Å². The minimum atomic E-state index is 0.000401. The first-order chi connectivity index (χ1) is 8.33. The minimum Gasteiger partial charge on any atom is -0.485 e. The van der Waals surface area contributed by atoms with E-state index in [2.05, 4.69) is 9.88 Å². The molecule has 2 fully saturated rings. The number of nitrogens with zero attached hydrogens (tertiary/aromatic N) is 1. The van der Waals surface area contributed by atoms with Crippen LogP contribution in [-0.4, -0.2) is 23.8 Å². The summed E-state index contributed by atoms with van der Waals surface area (Å²) < 4.78 is 7.94. The van der Waals surface area contributed by atoms with Crippen LogP contribution in [0.4, 0.5) is 0 Å². The van der Waals surface area contributed by atoms with Crippen LogP contribution in [0.2, 0.25) is 0 Å². The van der Waals surface area contributed by atoms with Crippen LogP contribution in [0.3, 0.4) is 0 Å². The molecule has 1 aliphatic heterocycles. The van der Waals surface area contributed by atoms with Crippen LogP contribution in [0.5, 0.6) is 5.75 Å². The molecule has 1 aromatic heterocycles. The van der Waals surface area contributed by atoms with Crippen LogP contribution in [-0.2, 0) is 0 Å². The zero-order valence-corrected chi connectivity index (χ0v) is 9.89. The summed E-state index contributed by atoms with van der Waals surface area (Å²) in [7, 11) is 0. The van der Waals surface area contributed by atoms with E-state index in [0.29, 0.717) is 11.8 Å². The van der Waals surface area contributed by atoms with E-state index in [0.717, 1.165) is 25.9 Å². The van der Waals surface area contributed by atoms with E-state index in [1.165, 1.54) is 12.8 Å². The molecule has 1 saturated carbocycles. The third kappa shape index (κ3) is 2.52. The quantitative estimate of drug-likeness (QED) is 0.857. The second kappa shape index (κ2) is 4.53. The first-order valence-corrected chi connectivity index (χ1v) is 6.42. The molecule has 0 unspecified atom stereocenters. The van der Waals surface area contributed by atoms with E-state index in [1.54, 1.807) is 6.07 Å². The Kier molecular flexibility index (Phi) is 2.89. The number of aromatic nitrogens is 1. The molecule has 0 amide bonds. The number of hydrogen-bond donors (Lipinski definition) is 1. The molecule has 0 radical (unpaired) electrons. The van der Waals surface area contributed by atoms with Crippen molar-refractivity contribution in [2.24, 2.45) is 0 Å². The van der Waals surface area contributed by atoms with Gasteiger partial charge in [0.25, 0.3) is 0 Å². The van der Waals surface area contributed by atoms with E-state index in [-0.39, 0.29) is 11.5 Å². The van der Waals surface area contributed by atoms with Gasteiger partial charge in [0, 0.05) is 18.3 Å². The molecule has 0 bridgehead atoms. The summed E-state index contributed by atoms with van der Waals surface area (Å²) in [5.41, 5.74) is 0.000401. The summed E-state index contributed by atoms with van der Waals surface area (Å²) in [6, 6.07) is 2.21. The molecule has 1 aliphatic carbocycles. The van der Waals surface area contributed by atoms with Gasteiger partial charge in [0.05, 0.1) is 6.20 Å². The summed E-state index contributed by atoms with van der Waals surface area (Å²) >= 11 is 0. The molecule has 3 rings (SSSR count). The molecule has 4 heteroatoms. The van der Waals surface area contributed by atoms with E-state index < -0.39 is 0 Å². The second-order valence-corrected chi connectivity index (χ2v) is 4.92. The molecule has 92 valence electrons. The Labute approximate surface area is 101 Å². The van der Waals surface area contributed by atoms with Gasteiger partial charge in [0.1, 0.15) is 6.10 Å². The molecule has 4 nitrogen and oxygen atoms in total. The molecular formula is C13H18N2O2. The Morgan fingerprint density at radius 3 is 2.71 bits per heavy atom. The summed E-state index contributed by atoms with van der Waals surface area (Å²) in [5, 5.41) is 3.29. The highest BCUT2D eigenvalue weighted by atomic mass is 16.5. The Balaban J connectivity index is 1.75. The first kappa shape index (κ1) is 10.8. The van der Waals surface area contributed by atoms with Gasteiger partial charge in [-0.05, 0) is 38.8 Å². The van der Waals surface area contributed by atoms with Crippen LogP contribution >= 0.6 is 0 Å². The molecule has 0 spiro atoms. The van der Waals surface area contributed by atoms with Gasteiger partial charge in [0.2, 0.25) is 5.43 Å². The van der Waals surface area contributed by atoms with Gasteiger partial charge in [-0.3, -0.25) is 4.79 Å². The lowest BCUT2D eigenvalue weighted by atomic mass is 10.1. The minimum absolute atomic E-state index is 0.000401. The number of ether oxygens (including phenoxy) is 1. The molecule has 2 heterocycles. The van der Waals surface area contributed by atoms with Crippen LogP contribution < -0.4 is 15.5 Å². The van der Waals surface area contributed by atoms with Crippen LogP contribution in [0, 0.1) is 0 Å². The fraction of sp³-hybridized carbons (Fsp3) is 0.615. The topological polar surface area (TPSA) is 43.3 Å². The average Bonchev–Trinajstić information content (AvgIpc) is 3.17. The van der Waals surface area contributed by atoms with Crippen molar-refractivity contribution in [3.05, 3.63) is 28.7 Å². The summed E-state index contributed by atoms with van der Waals surface area (Å²) in [5.74, 6) is 0.520. The van der Waals surface area contributed by atoms with Gasteiger partial charge in [-0.2, -0.15) is 0 Å². The van der Waals surface area contributed by atoms with E-state index in [9.17, 15) is 4.79 Å². The fourth-order valence-corrected chi connectivity index (χ4v) is 2.26. The zero-order valence-electron chi connectivity index (χ0n) is 9.89. The van der Waals surface area contributed by atoms with E-state index in [1.807, 2.05) is 12.4 Å². The Morgan fingerprint density at radius 2 is 2.00 bits per heavy atom. The van der Waals surface area contributed by atoms with Crippen molar-refractivity contribution in [1.82, 2.24) is 9.88 Å². The highest BCUT2D eigenvalue weighted by molar-refractivity contribution is 5.19. The van der Waals surface area contributed by atoms with Crippen LogP contribution in [0.1, 0.15) is 31.7 Å². The number of piperidine rings is 1. The zero-order chi connectivity index (χ0) is 11.7. The molecule has 1 saturated heterocycles. The maximum atomic E-state index is 11.7. The predicted molar refractivity (Wildman–Crippen MR) is 65.5 cm³/mol. The molecule has 0 aromatic carbocycles. The third-order valence-corrected chi connectivity index (χ3v) is 3.46. The van der Waals surface area contributed by atoms with Gasteiger partial charge < -0.3 is 14.6 Å². The van der Waals surface area contributed by atoms with Gasteiger partial charge in [-0.15, -0.1) is 0 Å². The van der Waals surface area contributed by atoms with Gasteiger partial charge in [-0.1, -0.05) is 0 Å². The van der Waals surface area contributed by atoms with Gasteiger partial charge in [0.15, 0.2) is 5.75 Å². The summed E-state index contributed by atoms with van der Waals surface area (Å²) in [4.78, 5) is 11.7. The van der Waals surface area contributed by atoms with Crippen LogP contribution in [0.25, 0.3) is 0 Å². The molecule has 1 N–H and O–H groups in total. The van der Waals surface area contributed by atoms with E-state index >= 15 is 0 Å². The predicted octanol–water partition coefficient (Wildman–Crippen LogP) is 1.31. The number of nitrogens with one attached hydrogen (secondary N) is 1. The maximum Gasteiger partial charge on any atom is 0.223 e. The lowest BCUT2D eigenvalue weighted by Gasteiger charge is -2.23. The van der Waals surface area contributed by atoms with Crippen molar-refractivity contribution < 1.29 is 4.74 Å². The molecule has 1 aromatic rings. The maximum absolute atomic E-state index is 11.7. The lowest BCUT2D eigenvalue weighted by molar-refractivity contribution is 0.159. The Bertz CT molecular complexity index is 445. The van der Waals surface area contributed by atoms with Crippen molar-refractivity contribution in [2.75, 3.05) is 13.1 Å². The van der Waals surface area contributed by atoms with Crippen molar-refractivity contribution in [1.29, 1.82) is 0 Å². The highest BCUT2D eigenvalue weighted by Gasteiger charge is 2.23. The van der Waals surface area contributed by atoms with Crippen molar-refractivity contribution >= 4 is 0 Å². The second-order valence-electron chi connectivity index (χ2n) is 4.92. The molecule has 17 heavy (non-hydrogen) atoms. The number of hydrogen-bond acceptors (Lipinski definition) is 3. The highest BCUT2D eigenvalue weighted by Crippen LogP contribution is 2.34. The lowest BCUT2D eigenvalue weighted by Crippen LogP contribution is -2.35. The normalized spacial score (nSPS) is 21.4. The smallest absolute Gasteiger partial charge is 0.223 e. The van der Waals surface area contributed by atoms with Gasteiger partial charge >= 0.3 is 0 Å². The fourth-order valence-electron chi connectivity index (χ4n) is 2.26. The SMILES string of the molecule is O=c1ccn(C2CC2)cc1OC1CCNCC1. The van der Waals surface area contributed by atoms with Crippen molar-refractivity contribution in [3.8, 4) is 5.75 Å². The monoisotopic (exact) mass is 234 g/mol. The third-order valence-electron chi connectivity index (χ3n) is 3.46. The standard InChI is InChI=1S/C13H18N2O2/c16-12-5-8-15(10-1-2-10)9-13(12)17-11-3-6-14-7-4-11/h5,8-11,14H,1-4,6-7H2. The first-order valence-electron chi connectivity index (χ1n) is 6.42. The van der Waals surface area contributed by atoms with Crippen LogP contribution in [0.15, 0.2) is 23.3 Å². The number of pyridine rings is 1. The van der Waals surface area contributed by atoms with E-state index in [4.69, 9.17) is 4.74 Å². The average molecular weight is 234 g/mol. The largest absolute Gasteiger partial charge is 0.485 e. The molecule has 2 aliphatic rings. The Morgan fingerprint density at radius 1 is 1.24 bits per heavy atom. The summed E-state index contributed by atoms with van der Waals surface area (Å²) in [6.07, 6.45) is 8.34. The molecule has 0 atom stereocenters. The summed E-state index contributed by atoms with van der Waals surface area (Å²) in [6.45, 7) is 1.96.